The van der Waals surface area contributed by atoms with E-state index >= 15 is 0 Å². The largest absolute Gasteiger partial charge is 0.493 e. The first-order valence-corrected chi connectivity index (χ1v) is 30.3. The molecule has 0 saturated carbocycles. The molecule has 0 aliphatic rings. The standard InChI is InChI=1S/C39H42ClN3O.C34H40ClN3O4/c1-4-28-9-14-32(15-10-28)33-17-19-34(20-18-33)39(44)42-37(24-30-11-16-31-7-5-6-8-35(31)23-30)27-43(3)38(26-41-2)25-29-12-21-36(40)22-13-29;1-36-21-30(18-23-11-14-28(35)15-12-23)38(2)22-29(17-24-10-13-25-8-6-7-9-26(25)16-24)37-34(39)27-19-31(40-3)33(42-5)32(20-27)41-4/h5-23,37-38,41H,4,24-27H2,1-3H3,(H,42,44);6-16,19-20,29-30,36H,17-18,21-22H2,1-5H3,(H,37,39)/t37-,38+;29-,30-/m10/s1. The first-order valence-electron chi connectivity index (χ1n) is 29.5. The maximum atomic E-state index is 13.7. The zero-order valence-corrected chi connectivity index (χ0v) is 52.4. The van der Waals surface area contributed by atoms with Gasteiger partial charge in [-0.1, -0.05) is 176 Å². The first kappa shape index (κ1) is 64.3. The summed E-state index contributed by atoms with van der Waals surface area (Å²) in [5, 5.41) is 19.6. The Hall–Kier alpha value is -7.74. The van der Waals surface area contributed by atoms with E-state index in [9.17, 15) is 9.59 Å². The van der Waals surface area contributed by atoms with E-state index in [2.05, 4.69) is 173 Å². The van der Waals surface area contributed by atoms with Crippen LogP contribution in [0.4, 0.5) is 0 Å². The van der Waals surface area contributed by atoms with E-state index in [1.54, 1.807) is 33.5 Å². The number of halogens is 2. The number of methoxy groups -OCH3 is 3. The molecule has 0 spiro atoms. The number of rotatable bonds is 27. The molecule has 0 aromatic heterocycles. The van der Waals surface area contributed by atoms with Crippen LogP contribution in [0.5, 0.6) is 17.2 Å². The summed E-state index contributed by atoms with van der Waals surface area (Å²) in [6.45, 7) is 5.14. The molecular formula is C73H82Cl2N6O5. The van der Waals surface area contributed by atoms with Gasteiger partial charge in [-0.3, -0.25) is 19.4 Å². The molecule has 0 radical (unpaired) electrons. The van der Waals surface area contributed by atoms with Gasteiger partial charge in [0.1, 0.15) is 0 Å². The molecule has 86 heavy (non-hydrogen) atoms. The van der Waals surface area contributed by atoms with E-state index in [4.69, 9.17) is 37.4 Å². The Balaban J connectivity index is 0.000000224. The number of ether oxygens (including phenoxy) is 3. The summed E-state index contributed by atoms with van der Waals surface area (Å²) in [5.74, 6) is 1.04. The van der Waals surface area contributed by atoms with Gasteiger partial charge in [-0.2, -0.15) is 0 Å². The van der Waals surface area contributed by atoms with Gasteiger partial charge in [-0.05, 0) is 169 Å². The number of amides is 2. The van der Waals surface area contributed by atoms with Gasteiger partial charge < -0.3 is 35.5 Å². The molecule has 0 heterocycles. The van der Waals surface area contributed by atoms with Crippen LogP contribution >= 0.6 is 23.2 Å². The number of carbonyl (C=O) groups is 2. The Kier molecular flexibility index (Phi) is 24.0. The van der Waals surface area contributed by atoms with Crippen molar-refractivity contribution in [3.8, 4) is 28.4 Å². The lowest BCUT2D eigenvalue weighted by molar-refractivity contribution is 0.0912. The highest BCUT2D eigenvalue weighted by Gasteiger charge is 2.25. The van der Waals surface area contributed by atoms with Gasteiger partial charge in [0.2, 0.25) is 5.75 Å². The van der Waals surface area contributed by atoms with E-state index < -0.39 is 0 Å². The highest BCUT2D eigenvalue weighted by atomic mass is 35.5. The molecule has 0 aliphatic heterocycles. The van der Waals surface area contributed by atoms with Crippen LogP contribution in [-0.2, 0) is 32.1 Å². The number of nitrogens with zero attached hydrogens (tertiary/aromatic N) is 2. The van der Waals surface area contributed by atoms with Gasteiger partial charge in [-0.15, -0.1) is 0 Å². The number of hydrogen-bond acceptors (Lipinski definition) is 9. The summed E-state index contributed by atoms with van der Waals surface area (Å²) in [4.78, 5) is 32.0. The second-order valence-electron chi connectivity index (χ2n) is 22.1. The number of likely N-dealkylation sites (N-methyl/N-ethyl adjacent to an activating group) is 4. The van der Waals surface area contributed by atoms with Crippen molar-refractivity contribution in [1.29, 1.82) is 0 Å². The Bertz CT molecular complexity index is 3580. The highest BCUT2D eigenvalue weighted by molar-refractivity contribution is 6.30. The van der Waals surface area contributed by atoms with E-state index in [0.717, 1.165) is 65.5 Å². The third kappa shape index (κ3) is 18.2. The van der Waals surface area contributed by atoms with E-state index in [1.165, 1.54) is 43.8 Å². The van der Waals surface area contributed by atoms with E-state index in [1.807, 2.05) is 74.8 Å². The molecule has 0 unspecified atom stereocenters. The topological polar surface area (TPSA) is 116 Å². The third-order valence-corrected chi connectivity index (χ3v) is 16.4. The fraction of sp³-hybridized carbons (Fsp3) is 0.288. The van der Waals surface area contributed by atoms with E-state index in [0.29, 0.717) is 47.9 Å². The van der Waals surface area contributed by atoms with Gasteiger partial charge in [0.05, 0.1) is 21.3 Å². The lowest BCUT2D eigenvalue weighted by atomic mass is 9.99. The van der Waals surface area contributed by atoms with Gasteiger partial charge >= 0.3 is 0 Å². The van der Waals surface area contributed by atoms with Crippen molar-refractivity contribution in [2.75, 3.05) is 75.7 Å². The molecule has 4 N–H and O–H groups in total. The molecule has 0 fully saturated rings. The van der Waals surface area contributed by atoms with Crippen molar-refractivity contribution in [2.45, 2.75) is 63.2 Å². The molecule has 13 heteroatoms. The van der Waals surface area contributed by atoms with Crippen molar-refractivity contribution in [3.05, 3.63) is 243 Å². The fourth-order valence-corrected chi connectivity index (χ4v) is 11.4. The SMILES string of the molecule is CCc1ccc(-c2ccc(C(=O)N[C@H](Cc3ccc4ccccc4c3)CN(C)[C@H](CNC)Cc3ccc(Cl)cc3)cc2)cc1.CNC[C@H](Cc1ccc(Cl)cc1)N(C)C[C@H](Cc1ccc2ccccc2c1)NC(=O)c1cc(OC)c(OC)c(OC)c1. The summed E-state index contributed by atoms with van der Waals surface area (Å²) in [7, 11) is 12.8. The summed E-state index contributed by atoms with van der Waals surface area (Å²) in [6, 6.07) is 65.9. The molecule has 9 aromatic carbocycles. The number of carbonyl (C=O) groups excluding carboxylic acids is 2. The number of nitrogens with one attached hydrogen (secondary N) is 4. The minimum atomic E-state index is -0.212. The van der Waals surface area contributed by atoms with Crippen LogP contribution in [0.25, 0.3) is 32.7 Å². The van der Waals surface area contributed by atoms with Crippen molar-refractivity contribution in [1.82, 2.24) is 31.1 Å². The molecule has 9 aromatic rings. The van der Waals surface area contributed by atoms with Crippen LogP contribution < -0.4 is 35.5 Å². The molecule has 0 aliphatic carbocycles. The number of hydrogen-bond donors (Lipinski definition) is 4. The smallest absolute Gasteiger partial charge is 0.251 e. The van der Waals surface area contributed by atoms with Crippen LogP contribution in [0.3, 0.4) is 0 Å². The predicted octanol–water partition coefficient (Wildman–Crippen LogP) is 13.4. The molecule has 0 saturated heterocycles. The zero-order chi connectivity index (χ0) is 61.0. The maximum Gasteiger partial charge on any atom is 0.251 e. The Morgan fingerprint density at radius 3 is 1.22 bits per heavy atom. The van der Waals surface area contributed by atoms with Gasteiger partial charge in [0.25, 0.3) is 11.8 Å². The van der Waals surface area contributed by atoms with Crippen molar-refractivity contribution < 1.29 is 23.8 Å². The van der Waals surface area contributed by atoms with Crippen LogP contribution in [0.1, 0.15) is 55.5 Å². The predicted molar refractivity (Wildman–Crippen MR) is 356 cm³/mol. The lowest BCUT2D eigenvalue weighted by Crippen LogP contribution is -2.49. The Morgan fingerprint density at radius 2 is 0.826 bits per heavy atom. The lowest BCUT2D eigenvalue weighted by Gasteiger charge is -2.32. The number of fused-ring (bicyclic) bond motifs is 2. The van der Waals surface area contributed by atoms with Crippen LogP contribution in [0.2, 0.25) is 10.0 Å². The van der Waals surface area contributed by atoms with Crippen molar-refractivity contribution in [3.63, 3.8) is 0 Å². The van der Waals surface area contributed by atoms with E-state index in [-0.39, 0.29) is 36.0 Å². The maximum absolute atomic E-state index is 13.7. The summed E-state index contributed by atoms with van der Waals surface area (Å²) in [5.41, 5.74) is 9.48. The molecule has 448 valence electrons. The quantitative estimate of drug-likeness (QED) is 0.0399. The van der Waals surface area contributed by atoms with Gasteiger partial charge in [0, 0.05) is 71.5 Å². The Morgan fingerprint density at radius 1 is 0.442 bits per heavy atom. The summed E-state index contributed by atoms with van der Waals surface area (Å²) >= 11 is 12.3. The highest BCUT2D eigenvalue weighted by Crippen LogP contribution is 2.38. The second kappa shape index (κ2) is 32.1. The van der Waals surface area contributed by atoms with Crippen molar-refractivity contribution in [2.24, 2.45) is 0 Å². The molecule has 9 rings (SSSR count). The van der Waals surface area contributed by atoms with Crippen LogP contribution in [0, 0.1) is 0 Å². The van der Waals surface area contributed by atoms with Crippen LogP contribution in [-0.4, -0.2) is 121 Å². The average Bonchev–Trinajstić information content (AvgIpc) is 2.90. The van der Waals surface area contributed by atoms with Gasteiger partial charge in [0.15, 0.2) is 11.5 Å². The monoisotopic (exact) mass is 1190 g/mol. The van der Waals surface area contributed by atoms with Crippen molar-refractivity contribution >= 4 is 56.6 Å². The Labute approximate surface area is 519 Å². The number of aryl methyl sites for hydroxylation is 1. The fourth-order valence-electron chi connectivity index (χ4n) is 11.1. The summed E-state index contributed by atoms with van der Waals surface area (Å²) < 4.78 is 16.4. The molecule has 0 bridgehead atoms. The molecule has 2 amide bonds. The number of benzene rings is 9. The normalized spacial score (nSPS) is 12.7. The summed E-state index contributed by atoms with van der Waals surface area (Å²) in [6.07, 6.45) is 4.14. The minimum Gasteiger partial charge on any atom is -0.493 e. The molecule has 11 nitrogen and oxygen atoms in total. The average molecular weight is 1190 g/mol. The minimum absolute atomic E-state index is 0.0556. The van der Waals surface area contributed by atoms with Crippen LogP contribution in [0.15, 0.2) is 194 Å². The zero-order valence-electron chi connectivity index (χ0n) is 50.8. The first-order chi connectivity index (χ1) is 41.8. The molecule has 4 atom stereocenters. The third-order valence-electron chi connectivity index (χ3n) is 15.9. The second-order valence-corrected chi connectivity index (χ2v) is 23.0. The van der Waals surface area contributed by atoms with Gasteiger partial charge in [-0.25, -0.2) is 0 Å². The molecular weight excluding hydrogens is 1110 g/mol.